The Morgan fingerprint density at radius 2 is 2.12 bits per heavy atom. The smallest absolute Gasteiger partial charge is 0.146 e. The van der Waals surface area contributed by atoms with Gasteiger partial charge < -0.3 is 9.64 Å². The molecule has 0 aliphatic carbocycles. The molecule has 1 heterocycles. The number of alkyl halides is 1. The van der Waals surface area contributed by atoms with Crippen LogP contribution in [0.3, 0.4) is 0 Å². The molecule has 94 valence electrons. The summed E-state index contributed by atoms with van der Waals surface area (Å²) in [7, 11) is 1.97. The fourth-order valence-electron chi connectivity index (χ4n) is 2.32. The van der Waals surface area contributed by atoms with Crippen molar-refractivity contribution in [3.05, 3.63) is 29.6 Å². The summed E-state index contributed by atoms with van der Waals surface area (Å²) in [5.74, 6) is -0.143. The molecule has 0 spiro atoms. The summed E-state index contributed by atoms with van der Waals surface area (Å²) >= 11 is 3.42. The Hall–Kier alpha value is -0.610. The molecular weight excluding hydrogens is 285 g/mol. The van der Waals surface area contributed by atoms with Gasteiger partial charge in [0.15, 0.2) is 0 Å². The van der Waals surface area contributed by atoms with Gasteiger partial charge in [0.05, 0.1) is 5.69 Å². The van der Waals surface area contributed by atoms with E-state index in [1.54, 1.807) is 6.07 Å². The molecule has 0 amide bonds. The minimum atomic E-state index is -0.143. The fraction of sp³-hybridized carbons (Fsp3) is 0.538. The molecule has 1 fully saturated rings. The third-order valence-electron chi connectivity index (χ3n) is 3.31. The van der Waals surface area contributed by atoms with Crippen molar-refractivity contribution in [3.63, 3.8) is 0 Å². The van der Waals surface area contributed by atoms with Crippen molar-refractivity contribution in [2.45, 2.75) is 24.2 Å². The molecule has 0 radical (unpaired) electrons. The maximum absolute atomic E-state index is 13.9. The summed E-state index contributed by atoms with van der Waals surface area (Å²) in [6, 6.07) is 5.62. The predicted molar refractivity (Wildman–Crippen MR) is 71.3 cm³/mol. The van der Waals surface area contributed by atoms with Crippen LogP contribution in [0.4, 0.5) is 10.1 Å². The van der Waals surface area contributed by atoms with Crippen LogP contribution in [0.2, 0.25) is 0 Å². The average molecular weight is 302 g/mol. The minimum Gasteiger partial charge on any atom is -0.381 e. The lowest BCUT2D eigenvalue weighted by Gasteiger charge is -2.34. The van der Waals surface area contributed by atoms with E-state index in [9.17, 15) is 4.39 Å². The van der Waals surface area contributed by atoms with Gasteiger partial charge in [-0.1, -0.05) is 28.1 Å². The minimum absolute atomic E-state index is 0.143. The summed E-state index contributed by atoms with van der Waals surface area (Å²) in [5, 5.41) is 0.674. The zero-order valence-corrected chi connectivity index (χ0v) is 11.5. The van der Waals surface area contributed by atoms with Crippen LogP contribution in [-0.4, -0.2) is 26.3 Å². The van der Waals surface area contributed by atoms with Crippen molar-refractivity contribution in [3.8, 4) is 0 Å². The number of anilines is 1. The molecule has 0 bridgehead atoms. The van der Waals surface area contributed by atoms with E-state index >= 15 is 0 Å². The van der Waals surface area contributed by atoms with Gasteiger partial charge in [-0.3, -0.25) is 0 Å². The van der Waals surface area contributed by atoms with Crippen LogP contribution in [-0.2, 0) is 10.1 Å². The number of benzene rings is 1. The number of ether oxygens (including phenoxy) is 1. The van der Waals surface area contributed by atoms with Crippen LogP contribution < -0.4 is 4.90 Å². The molecule has 0 N–H and O–H groups in total. The Balaban J connectivity index is 2.25. The van der Waals surface area contributed by atoms with E-state index < -0.39 is 0 Å². The van der Waals surface area contributed by atoms with Crippen molar-refractivity contribution in [2.24, 2.45) is 0 Å². The molecule has 0 aromatic heterocycles. The van der Waals surface area contributed by atoms with Crippen LogP contribution in [0, 0.1) is 5.82 Å². The first-order valence-corrected chi connectivity index (χ1v) is 7.00. The van der Waals surface area contributed by atoms with Crippen molar-refractivity contribution >= 4 is 21.6 Å². The molecule has 0 unspecified atom stereocenters. The van der Waals surface area contributed by atoms with Crippen molar-refractivity contribution in [2.75, 3.05) is 25.2 Å². The zero-order valence-electron chi connectivity index (χ0n) is 9.96. The summed E-state index contributed by atoms with van der Waals surface area (Å²) in [4.78, 5) is 2.06. The average Bonchev–Trinajstić information content (AvgIpc) is 2.38. The summed E-state index contributed by atoms with van der Waals surface area (Å²) in [6.07, 6.45) is 1.93. The van der Waals surface area contributed by atoms with E-state index in [-0.39, 0.29) is 5.82 Å². The molecule has 1 aliphatic heterocycles. The van der Waals surface area contributed by atoms with Gasteiger partial charge in [-0.15, -0.1) is 0 Å². The Morgan fingerprint density at radius 1 is 1.41 bits per heavy atom. The van der Waals surface area contributed by atoms with Crippen LogP contribution in [0.5, 0.6) is 0 Å². The fourth-order valence-corrected chi connectivity index (χ4v) is 2.77. The number of nitrogens with zero attached hydrogens (tertiary/aromatic N) is 1. The lowest BCUT2D eigenvalue weighted by molar-refractivity contribution is 0.0853. The molecule has 1 aliphatic rings. The largest absolute Gasteiger partial charge is 0.381 e. The highest BCUT2D eigenvalue weighted by Crippen LogP contribution is 2.29. The van der Waals surface area contributed by atoms with Crippen LogP contribution in [0.25, 0.3) is 0 Å². The Bertz CT molecular complexity index is 380. The quantitative estimate of drug-likeness (QED) is 0.794. The SMILES string of the molecule is CN(c1c(F)cccc1CBr)C1CCOCC1. The van der Waals surface area contributed by atoms with Crippen molar-refractivity contribution < 1.29 is 9.13 Å². The molecular formula is C13H17BrFNO. The zero-order chi connectivity index (χ0) is 12.3. The first kappa shape index (κ1) is 12.8. The number of para-hydroxylation sites is 1. The van der Waals surface area contributed by atoms with Gasteiger partial charge >= 0.3 is 0 Å². The molecule has 1 aromatic rings. The second kappa shape index (κ2) is 5.83. The van der Waals surface area contributed by atoms with Gasteiger partial charge in [-0.25, -0.2) is 4.39 Å². The van der Waals surface area contributed by atoms with Gasteiger partial charge in [0.25, 0.3) is 0 Å². The molecule has 1 saturated heterocycles. The van der Waals surface area contributed by atoms with Crippen LogP contribution >= 0.6 is 15.9 Å². The highest BCUT2D eigenvalue weighted by Gasteiger charge is 2.22. The second-order valence-corrected chi connectivity index (χ2v) is 4.90. The van der Waals surface area contributed by atoms with Gasteiger partial charge in [0, 0.05) is 31.6 Å². The topological polar surface area (TPSA) is 12.5 Å². The first-order valence-electron chi connectivity index (χ1n) is 5.88. The lowest BCUT2D eigenvalue weighted by atomic mass is 10.1. The molecule has 4 heteroatoms. The van der Waals surface area contributed by atoms with Crippen LogP contribution in [0.15, 0.2) is 18.2 Å². The van der Waals surface area contributed by atoms with Gasteiger partial charge in [-0.2, -0.15) is 0 Å². The number of rotatable bonds is 3. The number of hydrogen-bond acceptors (Lipinski definition) is 2. The number of halogens is 2. The van der Waals surface area contributed by atoms with E-state index in [1.807, 2.05) is 13.1 Å². The Kier molecular flexibility index (Phi) is 4.40. The van der Waals surface area contributed by atoms with Crippen LogP contribution in [0.1, 0.15) is 18.4 Å². The molecule has 0 atom stereocenters. The Morgan fingerprint density at radius 3 is 2.76 bits per heavy atom. The monoisotopic (exact) mass is 301 g/mol. The molecule has 17 heavy (non-hydrogen) atoms. The normalized spacial score (nSPS) is 17.1. The summed E-state index contributed by atoms with van der Waals surface area (Å²) in [5.41, 5.74) is 1.72. The third-order valence-corrected chi connectivity index (χ3v) is 3.91. The third kappa shape index (κ3) is 2.80. The van der Waals surface area contributed by atoms with E-state index in [0.29, 0.717) is 11.4 Å². The van der Waals surface area contributed by atoms with Gasteiger partial charge in [0.1, 0.15) is 5.82 Å². The van der Waals surface area contributed by atoms with Gasteiger partial charge in [-0.05, 0) is 24.5 Å². The van der Waals surface area contributed by atoms with E-state index in [4.69, 9.17) is 4.74 Å². The van der Waals surface area contributed by atoms with Crippen molar-refractivity contribution in [1.29, 1.82) is 0 Å². The van der Waals surface area contributed by atoms with E-state index in [1.165, 1.54) is 6.07 Å². The number of hydrogen-bond donors (Lipinski definition) is 0. The first-order chi connectivity index (χ1) is 8.24. The Labute approximate surface area is 110 Å². The van der Waals surface area contributed by atoms with E-state index in [2.05, 4.69) is 20.8 Å². The molecule has 2 nitrogen and oxygen atoms in total. The summed E-state index contributed by atoms with van der Waals surface area (Å²) < 4.78 is 19.3. The molecule has 1 aromatic carbocycles. The molecule has 2 rings (SSSR count). The molecule has 0 saturated carbocycles. The van der Waals surface area contributed by atoms with Gasteiger partial charge in [0.2, 0.25) is 0 Å². The van der Waals surface area contributed by atoms with E-state index in [0.717, 1.165) is 37.3 Å². The lowest BCUT2D eigenvalue weighted by Crippen LogP contribution is -2.37. The standard InChI is InChI=1S/C13H17BrFNO/c1-16(11-5-7-17-8-6-11)13-10(9-14)3-2-4-12(13)15/h2-4,11H,5-9H2,1H3. The maximum Gasteiger partial charge on any atom is 0.146 e. The van der Waals surface area contributed by atoms with Crippen molar-refractivity contribution in [1.82, 2.24) is 0 Å². The highest BCUT2D eigenvalue weighted by molar-refractivity contribution is 9.08. The predicted octanol–water partition coefficient (Wildman–Crippen LogP) is 3.34. The maximum atomic E-state index is 13.9. The second-order valence-electron chi connectivity index (χ2n) is 4.34. The highest BCUT2D eigenvalue weighted by atomic mass is 79.9. The summed E-state index contributed by atoms with van der Waals surface area (Å²) in [6.45, 7) is 1.54.